The Hall–Kier alpha value is -2.63. The fourth-order valence-electron chi connectivity index (χ4n) is 2.23. The standard InChI is InChI=1S/C17H16N4O4S3/c1-25-12-6-3-2-5-11(12)20-14(22)10-27-17-19-9-13(16(18)21-17)28(23,24)15-7-4-8-26-15/h2-9H,10H2,1H3,(H,20,22)(H2,18,19,21). The predicted molar refractivity (Wildman–Crippen MR) is 109 cm³/mol. The summed E-state index contributed by atoms with van der Waals surface area (Å²) in [4.78, 5) is 20.0. The number of anilines is 2. The van der Waals surface area contributed by atoms with Crippen molar-refractivity contribution in [2.24, 2.45) is 0 Å². The van der Waals surface area contributed by atoms with Gasteiger partial charge in [0.15, 0.2) is 5.16 Å². The van der Waals surface area contributed by atoms with Gasteiger partial charge in [-0.1, -0.05) is 30.0 Å². The molecule has 8 nitrogen and oxygen atoms in total. The first-order valence-corrected chi connectivity index (χ1v) is 11.2. The third-order valence-electron chi connectivity index (χ3n) is 3.52. The number of carbonyl (C=O) groups is 1. The summed E-state index contributed by atoms with van der Waals surface area (Å²) in [5.74, 6) is 0.126. The highest BCUT2D eigenvalue weighted by molar-refractivity contribution is 7.99. The number of methoxy groups -OCH3 is 1. The maximum atomic E-state index is 12.5. The second kappa shape index (κ2) is 8.59. The van der Waals surface area contributed by atoms with Crippen LogP contribution in [0.3, 0.4) is 0 Å². The molecule has 0 bridgehead atoms. The second-order valence-electron chi connectivity index (χ2n) is 5.37. The summed E-state index contributed by atoms with van der Waals surface area (Å²) >= 11 is 2.13. The number of thiophene rings is 1. The van der Waals surface area contributed by atoms with E-state index in [0.717, 1.165) is 29.3 Å². The number of benzene rings is 1. The van der Waals surface area contributed by atoms with Crippen LogP contribution in [0.5, 0.6) is 5.75 Å². The first-order valence-electron chi connectivity index (χ1n) is 7.88. The van der Waals surface area contributed by atoms with Crippen LogP contribution < -0.4 is 15.8 Å². The average molecular weight is 437 g/mol. The molecule has 0 fully saturated rings. The average Bonchev–Trinajstić information content (AvgIpc) is 3.22. The first-order chi connectivity index (χ1) is 13.4. The van der Waals surface area contributed by atoms with Crippen LogP contribution in [-0.2, 0) is 14.6 Å². The number of hydrogen-bond donors (Lipinski definition) is 2. The normalized spacial score (nSPS) is 11.2. The van der Waals surface area contributed by atoms with E-state index in [2.05, 4.69) is 15.3 Å². The molecule has 0 unspecified atom stereocenters. The number of rotatable bonds is 7. The summed E-state index contributed by atoms with van der Waals surface area (Å²) < 4.78 is 30.4. The van der Waals surface area contributed by atoms with Crippen molar-refractivity contribution >= 4 is 50.3 Å². The molecule has 0 radical (unpaired) electrons. The third-order valence-corrected chi connectivity index (χ3v) is 7.55. The number of aromatic nitrogens is 2. The highest BCUT2D eigenvalue weighted by Crippen LogP contribution is 2.29. The minimum absolute atomic E-state index is 0.0223. The van der Waals surface area contributed by atoms with E-state index in [1.54, 1.807) is 35.7 Å². The Balaban J connectivity index is 1.67. The molecule has 11 heteroatoms. The van der Waals surface area contributed by atoms with Gasteiger partial charge in [0.25, 0.3) is 0 Å². The lowest BCUT2D eigenvalue weighted by atomic mass is 10.3. The Kier molecular flexibility index (Phi) is 6.17. The van der Waals surface area contributed by atoms with Crippen molar-refractivity contribution in [3.8, 4) is 5.75 Å². The molecule has 1 aromatic carbocycles. The van der Waals surface area contributed by atoms with Gasteiger partial charge in [0.05, 0.1) is 24.7 Å². The first kappa shape index (κ1) is 20.1. The molecule has 0 aliphatic heterocycles. The zero-order valence-electron chi connectivity index (χ0n) is 14.7. The number of sulfone groups is 1. The fourth-order valence-corrected chi connectivity index (χ4v) is 5.23. The van der Waals surface area contributed by atoms with Gasteiger partial charge >= 0.3 is 0 Å². The van der Waals surface area contributed by atoms with Crippen molar-refractivity contribution in [3.63, 3.8) is 0 Å². The molecular formula is C17H16N4O4S3. The van der Waals surface area contributed by atoms with E-state index in [-0.39, 0.29) is 31.7 Å². The molecule has 0 spiro atoms. The number of nitrogen functional groups attached to an aromatic ring is 1. The smallest absolute Gasteiger partial charge is 0.234 e. The monoisotopic (exact) mass is 436 g/mol. The molecule has 0 saturated carbocycles. The topological polar surface area (TPSA) is 124 Å². The van der Waals surface area contributed by atoms with Crippen LogP contribution >= 0.6 is 23.1 Å². The summed E-state index contributed by atoms with van der Waals surface area (Å²) in [6.45, 7) is 0. The Bertz CT molecular complexity index is 1090. The zero-order chi connectivity index (χ0) is 20.1. The van der Waals surface area contributed by atoms with E-state index >= 15 is 0 Å². The van der Waals surface area contributed by atoms with Gasteiger partial charge in [0, 0.05) is 0 Å². The molecule has 2 heterocycles. The summed E-state index contributed by atoms with van der Waals surface area (Å²) in [5, 5.41) is 4.60. The van der Waals surface area contributed by atoms with Gasteiger partial charge < -0.3 is 15.8 Å². The molecule has 28 heavy (non-hydrogen) atoms. The van der Waals surface area contributed by atoms with Crippen molar-refractivity contribution in [3.05, 3.63) is 48.0 Å². The van der Waals surface area contributed by atoms with Crippen LogP contribution in [0.25, 0.3) is 0 Å². The van der Waals surface area contributed by atoms with Crippen LogP contribution in [-0.4, -0.2) is 37.2 Å². The van der Waals surface area contributed by atoms with E-state index in [1.807, 2.05) is 0 Å². The SMILES string of the molecule is COc1ccccc1NC(=O)CSc1ncc(S(=O)(=O)c2cccs2)c(N)n1. The van der Waals surface area contributed by atoms with Crippen LogP contribution in [0, 0.1) is 0 Å². The highest BCUT2D eigenvalue weighted by atomic mass is 32.2. The molecule has 3 rings (SSSR count). The number of thioether (sulfide) groups is 1. The van der Waals surface area contributed by atoms with E-state index in [1.165, 1.54) is 13.2 Å². The van der Waals surface area contributed by atoms with Crippen molar-refractivity contribution in [2.45, 2.75) is 14.3 Å². The zero-order valence-corrected chi connectivity index (χ0v) is 17.1. The van der Waals surface area contributed by atoms with Crippen molar-refractivity contribution < 1.29 is 17.9 Å². The number of nitrogens with two attached hydrogens (primary N) is 1. The third kappa shape index (κ3) is 4.43. The molecular weight excluding hydrogens is 420 g/mol. The summed E-state index contributed by atoms with van der Waals surface area (Å²) in [6, 6.07) is 10.2. The van der Waals surface area contributed by atoms with Crippen LogP contribution in [0.1, 0.15) is 0 Å². The van der Waals surface area contributed by atoms with Gasteiger partial charge in [0.1, 0.15) is 20.7 Å². The van der Waals surface area contributed by atoms with E-state index in [0.29, 0.717) is 11.4 Å². The molecule has 0 aliphatic rings. The molecule has 0 saturated heterocycles. The molecule has 0 aliphatic carbocycles. The quantitative estimate of drug-likeness (QED) is 0.428. The van der Waals surface area contributed by atoms with E-state index in [4.69, 9.17) is 10.5 Å². The lowest BCUT2D eigenvalue weighted by Crippen LogP contribution is -2.15. The molecule has 0 atom stereocenters. The van der Waals surface area contributed by atoms with Gasteiger partial charge in [-0.15, -0.1) is 11.3 Å². The molecule has 1 amide bonds. The van der Waals surface area contributed by atoms with Gasteiger partial charge in [0.2, 0.25) is 15.7 Å². The second-order valence-corrected chi connectivity index (χ2v) is 9.41. The Labute approximate surface area is 170 Å². The van der Waals surface area contributed by atoms with Crippen LogP contribution in [0.2, 0.25) is 0 Å². The minimum atomic E-state index is -3.76. The van der Waals surface area contributed by atoms with E-state index in [9.17, 15) is 13.2 Å². The van der Waals surface area contributed by atoms with Gasteiger partial charge in [-0.25, -0.2) is 18.4 Å². The Morgan fingerprint density at radius 2 is 2.07 bits per heavy atom. The van der Waals surface area contributed by atoms with E-state index < -0.39 is 9.84 Å². The molecule has 146 valence electrons. The number of nitrogens with zero attached hydrogens (tertiary/aromatic N) is 2. The molecule has 2 aromatic heterocycles. The molecule has 3 N–H and O–H groups in total. The minimum Gasteiger partial charge on any atom is -0.495 e. The summed E-state index contributed by atoms with van der Waals surface area (Å²) in [5.41, 5.74) is 6.37. The fraction of sp³-hybridized carbons (Fsp3) is 0.118. The van der Waals surface area contributed by atoms with Crippen LogP contribution in [0.15, 0.2) is 62.2 Å². The predicted octanol–water partition coefficient (Wildman–Crippen LogP) is 2.69. The number of amides is 1. The number of hydrogen-bond acceptors (Lipinski definition) is 9. The van der Waals surface area contributed by atoms with Crippen LogP contribution in [0.4, 0.5) is 11.5 Å². The summed E-state index contributed by atoms with van der Waals surface area (Å²) in [7, 11) is -2.24. The Morgan fingerprint density at radius 3 is 2.75 bits per heavy atom. The summed E-state index contributed by atoms with van der Waals surface area (Å²) in [6.07, 6.45) is 1.16. The highest BCUT2D eigenvalue weighted by Gasteiger charge is 2.23. The lowest BCUT2D eigenvalue weighted by Gasteiger charge is -2.09. The van der Waals surface area contributed by atoms with Crippen molar-refractivity contribution in [1.29, 1.82) is 0 Å². The van der Waals surface area contributed by atoms with Crippen molar-refractivity contribution in [2.75, 3.05) is 23.9 Å². The maximum absolute atomic E-state index is 12.5. The Morgan fingerprint density at radius 1 is 1.29 bits per heavy atom. The number of nitrogens with one attached hydrogen (secondary N) is 1. The van der Waals surface area contributed by atoms with Gasteiger partial charge in [-0.2, -0.15) is 0 Å². The van der Waals surface area contributed by atoms with Gasteiger partial charge in [-0.05, 0) is 23.6 Å². The molecule has 3 aromatic rings. The number of carbonyl (C=O) groups excluding carboxylic acids is 1. The van der Waals surface area contributed by atoms with Crippen molar-refractivity contribution in [1.82, 2.24) is 9.97 Å². The maximum Gasteiger partial charge on any atom is 0.234 e. The lowest BCUT2D eigenvalue weighted by molar-refractivity contribution is -0.113. The number of para-hydroxylation sites is 2. The number of ether oxygens (including phenoxy) is 1. The largest absolute Gasteiger partial charge is 0.495 e. The van der Waals surface area contributed by atoms with Gasteiger partial charge in [-0.3, -0.25) is 4.79 Å².